The standard InChI is InChI=1S/C14H19N3O3/c15-13(18)9-20-7-6-17-14(19)12-3-1-2-10-8-16-5-4-11(10)12/h1-3,16H,4-9H2,(H2,15,18)(H,17,19). The van der Waals surface area contributed by atoms with Crippen LogP contribution in [0, 0.1) is 0 Å². The molecular weight excluding hydrogens is 258 g/mol. The highest BCUT2D eigenvalue weighted by Crippen LogP contribution is 2.18. The third-order valence-corrected chi connectivity index (χ3v) is 3.16. The molecule has 0 bridgehead atoms. The van der Waals surface area contributed by atoms with Gasteiger partial charge in [0.25, 0.3) is 5.91 Å². The van der Waals surface area contributed by atoms with E-state index in [9.17, 15) is 9.59 Å². The summed E-state index contributed by atoms with van der Waals surface area (Å²) in [4.78, 5) is 22.6. The topological polar surface area (TPSA) is 93.5 Å². The molecule has 0 saturated heterocycles. The molecule has 20 heavy (non-hydrogen) atoms. The Morgan fingerprint density at radius 1 is 1.40 bits per heavy atom. The second kappa shape index (κ2) is 7.02. The quantitative estimate of drug-likeness (QED) is 0.615. The van der Waals surface area contributed by atoms with Gasteiger partial charge in [-0.05, 0) is 30.2 Å². The fourth-order valence-electron chi connectivity index (χ4n) is 2.25. The summed E-state index contributed by atoms with van der Waals surface area (Å²) < 4.78 is 4.99. The molecule has 4 N–H and O–H groups in total. The second-order valence-corrected chi connectivity index (χ2v) is 4.64. The molecule has 1 aromatic carbocycles. The lowest BCUT2D eigenvalue weighted by atomic mass is 9.95. The lowest BCUT2D eigenvalue weighted by molar-refractivity contribution is -0.122. The van der Waals surface area contributed by atoms with Crippen LogP contribution < -0.4 is 16.4 Å². The lowest BCUT2D eigenvalue weighted by Gasteiger charge is -2.19. The van der Waals surface area contributed by atoms with E-state index in [1.165, 1.54) is 5.56 Å². The van der Waals surface area contributed by atoms with Crippen molar-refractivity contribution in [2.24, 2.45) is 5.73 Å². The van der Waals surface area contributed by atoms with Crippen molar-refractivity contribution in [3.63, 3.8) is 0 Å². The molecule has 0 aromatic heterocycles. The van der Waals surface area contributed by atoms with E-state index >= 15 is 0 Å². The van der Waals surface area contributed by atoms with Gasteiger partial charge in [0.15, 0.2) is 0 Å². The molecule has 2 rings (SSSR count). The molecule has 0 unspecified atom stereocenters. The second-order valence-electron chi connectivity index (χ2n) is 4.64. The van der Waals surface area contributed by atoms with E-state index in [0.717, 1.165) is 30.6 Å². The average Bonchev–Trinajstić information content (AvgIpc) is 2.45. The molecule has 1 heterocycles. The van der Waals surface area contributed by atoms with E-state index < -0.39 is 5.91 Å². The lowest BCUT2D eigenvalue weighted by Crippen LogP contribution is -2.31. The van der Waals surface area contributed by atoms with E-state index in [4.69, 9.17) is 10.5 Å². The first-order chi connectivity index (χ1) is 9.68. The molecule has 1 aromatic rings. The minimum absolute atomic E-state index is 0.105. The highest BCUT2D eigenvalue weighted by molar-refractivity contribution is 5.96. The van der Waals surface area contributed by atoms with Crippen molar-refractivity contribution in [2.75, 3.05) is 26.3 Å². The van der Waals surface area contributed by atoms with Gasteiger partial charge in [-0.25, -0.2) is 0 Å². The number of hydrogen-bond acceptors (Lipinski definition) is 4. The van der Waals surface area contributed by atoms with Gasteiger partial charge in [-0.2, -0.15) is 0 Å². The van der Waals surface area contributed by atoms with Crippen LogP contribution in [0.3, 0.4) is 0 Å². The van der Waals surface area contributed by atoms with Crippen LogP contribution in [0.2, 0.25) is 0 Å². The van der Waals surface area contributed by atoms with Crippen LogP contribution in [0.4, 0.5) is 0 Å². The Labute approximate surface area is 117 Å². The zero-order valence-corrected chi connectivity index (χ0v) is 11.3. The molecule has 2 amide bonds. The number of nitrogens with one attached hydrogen (secondary N) is 2. The highest BCUT2D eigenvalue weighted by atomic mass is 16.5. The maximum atomic E-state index is 12.1. The first kappa shape index (κ1) is 14.5. The number of benzene rings is 1. The summed E-state index contributed by atoms with van der Waals surface area (Å²) in [5.41, 5.74) is 7.95. The molecule has 6 nitrogen and oxygen atoms in total. The predicted octanol–water partition coefficient (Wildman–Crippen LogP) is -0.436. The van der Waals surface area contributed by atoms with Crippen LogP contribution in [-0.2, 0) is 22.5 Å². The van der Waals surface area contributed by atoms with Gasteiger partial charge in [0.1, 0.15) is 6.61 Å². The number of fused-ring (bicyclic) bond motifs is 1. The number of carbonyl (C=O) groups is 2. The van der Waals surface area contributed by atoms with Crippen LogP contribution in [0.15, 0.2) is 18.2 Å². The Morgan fingerprint density at radius 2 is 2.25 bits per heavy atom. The largest absolute Gasteiger partial charge is 0.370 e. The monoisotopic (exact) mass is 277 g/mol. The molecule has 0 fully saturated rings. The van der Waals surface area contributed by atoms with E-state index in [1.54, 1.807) is 0 Å². The predicted molar refractivity (Wildman–Crippen MR) is 74.2 cm³/mol. The van der Waals surface area contributed by atoms with Crippen molar-refractivity contribution >= 4 is 11.8 Å². The van der Waals surface area contributed by atoms with Crippen molar-refractivity contribution in [1.29, 1.82) is 0 Å². The number of hydrogen-bond donors (Lipinski definition) is 3. The van der Waals surface area contributed by atoms with Gasteiger partial charge in [-0.3, -0.25) is 9.59 Å². The van der Waals surface area contributed by atoms with Gasteiger partial charge in [0, 0.05) is 18.7 Å². The first-order valence-electron chi connectivity index (χ1n) is 6.64. The highest BCUT2D eigenvalue weighted by Gasteiger charge is 2.16. The summed E-state index contributed by atoms with van der Waals surface area (Å²) in [6, 6.07) is 5.77. The molecule has 0 spiro atoms. The molecule has 6 heteroatoms. The Kier molecular flexibility index (Phi) is 5.09. The average molecular weight is 277 g/mol. The van der Waals surface area contributed by atoms with Gasteiger partial charge >= 0.3 is 0 Å². The SMILES string of the molecule is NC(=O)COCCNC(=O)c1cccc2c1CCNC2. The Balaban J connectivity index is 1.88. The van der Waals surface area contributed by atoms with Gasteiger partial charge in [-0.15, -0.1) is 0 Å². The third-order valence-electron chi connectivity index (χ3n) is 3.16. The number of carbonyl (C=O) groups excluding carboxylic acids is 2. The molecule has 0 radical (unpaired) electrons. The summed E-state index contributed by atoms with van der Waals surface area (Å²) in [5, 5.41) is 6.07. The van der Waals surface area contributed by atoms with Crippen molar-refractivity contribution in [1.82, 2.24) is 10.6 Å². The molecule has 0 atom stereocenters. The van der Waals surface area contributed by atoms with Gasteiger partial charge in [0.05, 0.1) is 6.61 Å². The van der Waals surface area contributed by atoms with Gasteiger partial charge in [-0.1, -0.05) is 12.1 Å². The zero-order chi connectivity index (χ0) is 14.4. The van der Waals surface area contributed by atoms with Gasteiger partial charge < -0.3 is 21.1 Å². The summed E-state index contributed by atoms with van der Waals surface area (Å²) >= 11 is 0. The number of rotatable bonds is 6. The molecule has 0 saturated carbocycles. The number of primary amides is 1. The van der Waals surface area contributed by atoms with E-state index in [-0.39, 0.29) is 19.1 Å². The summed E-state index contributed by atoms with van der Waals surface area (Å²) in [6.45, 7) is 2.19. The van der Waals surface area contributed by atoms with Crippen LogP contribution in [0.25, 0.3) is 0 Å². The van der Waals surface area contributed by atoms with Gasteiger partial charge in [0.2, 0.25) is 5.91 Å². The Bertz CT molecular complexity index is 502. The van der Waals surface area contributed by atoms with Crippen LogP contribution in [0.1, 0.15) is 21.5 Å². The minimum atomic E-state index is -0.513. The van der Waals surface area contributed by atoms with Crippen LogP contribution >= 0.6 is 0 Å². The van der Waals surface area contributed by atoms with E-state index in [1.807, 2.05) is 18.2 Å². The number of amides is 2. The van der Waals surface area contributed by atoms with E-state index in [0.29, 0.717) is 6.54 Å². The van der Waals surface area contributed by atoms with Crippen molar-refractivity contribution in [2.45, 2.75) is 13.0 Å². The Hall–Kier alpha value is -1.92. The molecule has 1 aliphatic heterocycles. The first-order valence-corrected chi connectivity index (χ1v) is 6.64. The summed E-state index contributed by atoms with van der Waals surface area (Å²) in [6.07, 6.45) is 0.858. The normalized spacial score (nSPS) is 13.6. The molecule has 1 aliphatic rings. The summed E-state index contributed by atoms with van der Waals surface area (Å²) in [5.74, 6) is -0.618. The number of ether oxygens (including phenoxy) is 1. The Morgan fingerprint density at radius 3 is 3.05 bits per heavy atom. The van der Waals surface area contributed by atoms with Crippen molar-refractivity contribution in [3.8, 4) is 0 Å². The maximum absolute atomic E-state index is 12.1. The zero-order valence-electron chi connectivity index (χ0n) is 11.3. The molecular formula is C14H19N3O3. The fourth-order valence-corrected chi connectivity index (χ4v) is 2.25. The maximum Gasteiger partial charge on any atom is 0.251 e. The van der Waals surface area contributed by atoms with Crippen LogP contribution in [-0.4, -0.2) is 38.1 Å². The minimum Gasteiger partial charge on any atom is -0.370 e. The summed E-state index contributed by atoms with van der Waals surface area (Å²) in [7, 11) is 0. The molecule has 0 aliphatic carbocycles. The van der Waals surface area contributed by atoms with Crippen LogP contribution in [0.5, 0.6) is 0 Å². The van der Waals surface area contributed by atoms with Crippen molar-refractivity contribution < 1.29 is 14.3 Å². The fraction of sp³-hybridized carbons (Fsp3) is 0.429. The van der Waals surface area contributed by atoms with E-state index in [2.05, 4.69) is 10.6 Å². The number of nitrogens with two attached hydrogens (primary N) is 1. The third kappa shape index (κ3) is 3.79. The molecule has 108 valence electrons. The smallest absolute Gasteiger partial charge is 0.251 e. The van der Waals surface area contributed by atoms with Crippen molar-refractivity contribution in [3.05, 3.63) is 34.9 Å².